The molecule has 1 aliphatic rings. The molecule has 4 nitrogen and oxygen atoms in total. The van der Waals surface area contributed by atoms with Gasteiger partial charge in [0, 0.05) is 31.2 Å². The number of hydrogen-bond donors (Lipinski definition) is 1. The molecule has 0 spiro atoms. The topological polar surface area (TPSA) is 53.4 Å². The number of rotatable bonds is 2. The number of carbonyl (C=O) groups excluding carboxylic acids is 1. The smallest absolute Gasteiger partial charge is 0.253 e. The van der Waals surface area contributed by atoms with E-state index in [1.54, 1.807) is 16.8 Å². The molecule has 1 aliphatic heterocycles. The highest BCUT2D eigenvalue weighted by Gasteiger charge is 2.32. The van der Waals surface area contributed by atoms with Gasteiger partial charge in [-0.05, 0) is 24.1 Å². The number of fused-ring (bicyclic) bond motifs is 1. The number of amides is 1. The van der Waals surface area contributed by atoms with Crippen molar-refractivity contribution in [3.05, 3.63) is 29.3 Å². The lowest BCUT2D eigenvalue weighted by atomic mass is 10.00. The monoisotopic (exact) mass is 276 g/mol. The van der Waals surface area contributed by atoms with Crippen LogP contribution in [0.1, 0.15) is 17.3 Å². The summed E-state index contributed by atoms with van der Waals surface area (Å²) in [7, 11) is 0. The first-order chi connectivity index (χ1) is 9.19. The average molecular weight is 276 g/mol. The van der Waals surface area contributed by atoms with Crippen LogP contribution in [0, 0.1) is 11.8 Å². The van der Waals surface area contributed by atoms with Gasteiger partial charge in [-0.15, -0.1) is 11.3 Å². The maximum absolute atomic E-state index is 12.4. The second-order valence-corrected chi connectivity index (χ2v) is 6.05. The summed E-state index contributed by atoms with van der Waals surface area (Å²) in [6.07, 6.45) is 0. The third kappa shape index (κ3) is 2.24. The van der Waals surface area contributed by atoms with E-state index in [4.69, 9.17) is 0 Å². The molecule has 0 bridgehead atoms. The second kappa shape index (κ2) is 4.90. The Bertz CT molecular complexity index is 610. The van der Waals surface area contributed by atoms with Gasteiger partial charge in [0.05, 0.1) is 15.7 Å². The normalized spacial score (nSPS) is 23.2. The van der Waals surface area contributed by atoms with Crippen molar-refractivity contribution in [1.29, 1.82) is 0 Å². The number of thiazole rings is 1. The Balaban J connectivity index is 1.83. The van der Waals surface area contributed by atoms with Crippen LogP contribution in [-0.4, -0.2) is 40.6 Å². The molecule has 0 aliphatic carbocycles. The number of aliphatic hydroxyl groups is 1. The molecule has 1 N–H and O–H groups in total. The second-order valence-electron chi connectivity index (χ2n) is 5.16. The molecule has 0 unspecified atom stereocenters. The minimum Gasteiger partial charge on any atom is -0.396 e. The van der Waals surface area contributed by atoms with Crippen LogP contribution >= 0.6 is 11.3 Å². The Morgan fingerprint density at radius 3 is 3.11 bits per heavy atom. The van der Waals surface area contributed by atoms with Crippen LogP contribution < -0.4 is 0 Å². The van der Waals surface area contributed by atoms with Gasteiger partial charge >= 0.3 is 0 Å². The van der Waals surface area contributed by atoms with Gasteiger partial charge in [0.15, 0.2) is 0 Å². The Morgan fingerprint density at radius 1 is 1.53 bits per heavy atom. The molecule has 2 aromatic rings. The van der Waals surface area contributed by atoms with Gasteiger partial charge < -0.3 is 10.0 Å². The summed E-state index contributed by atoms with van der Waals surface area (Å²) in [5.41, 5.74) is 3.44. The van der Waals surface area contributed by atoms with Crippen molar-refractivity contribution in [3.8, 4) is 0 Å². The van der Waals surface area contributed by atoms with Gasteiger partial charge in [0.25, 0.3) is 5.91 Å². The standard InChI is InChI=1S/C14H16N2O2S/c1-9-5-16(6-11(9)7-17)14(18)10-2-3-12-13(4-10)19-8-15-12/h2-4,8-9,11,17H,5-7H2,1H3/t9-,11+/m1/s1. The van der Waals surface area contributed by atoms with E-state index < -0.39 is 0 Å². The number of aliphatic hydroxyl groups excluding tert-OH is 1. The van der Waals surface area contributed by atoms with E-state index >= 15 is 0 Å². The van der Waals surface area contributed by atoms with Gasteiger partial charge in [-0.3, -0.25) is 4.79 Å². The van der Waals surface area contributed by atoms with Crippen molar-refractivity contribution in [1.82, 2.24) is 9.88 Å². The third-order valence-electron chi connectivity index (χ3n) is 3.87. The fourth-order valence-electron chi connectivity index (χ4n) is 2.61. The molecule has 1 saturated heterocycles. The van der Waals surface area contributed by atoms with Crippen LogP contribution in [-0.2, 0) is 0 Å². The van der Waals surface area contributed by atoms with Crippen molar-refractivity contribution in [2.24, 2.45) is 11.8 Å². The van der Waals surface area contributed by atoms with Crippen LogP contribution in [0.5, 0.6) is 0 Å². The SMILES string of the molecule is C[C@@H]1CN(C(=O)c2ccc3ncsc3c2)C[C@H]1CO. The Morgan fingerprint density at radius 2 is 2.37 bits per heavy atom. The predicted molar refractivity (Wildman–Crippen MR) is 75.3 cm³/mol. The number of nitrogens with zero attached hydrogens (tertiary/aromatic N) is 2. The summed E-state index contributed by atoms with van der Waals surface area (Å²) in [6, 6.07) is 5.63. The Kier molecular flexibility index (Phi) is 3.24. The van der Waals surface area contributed by atoms with Gasteiger partial charge in [0.2, 0.25) is 0 Å². The molecule has 3 rings (SSSR count). The van der Waals surface area contributed by atoms with Gasteiger partial charge in [-0.25, -0.2) is 4.98 Å². The van der Waals surface area contributed by atoms with Crippen molar-refractivity contribution < 1.29 is 9.90 Å². The zero-order valence-electron chi connectivity index (χ0n) is 10.7. The first-order valence-corrected chi connectivity index (χ1v) is 7.30. The number of likely N-dealkylation sites (tertiary alicyclic amines) is 1. The van der Waals surface area contributed by atoms with Crippen molar-refractivity contribution in [2.45, 2.75) is 6.92 Å². The average Bonchev–Trinajstić information content (AvgIpc) is 3.02. The first kappa shape index (κ1) is 12.6. The molecule has 2 heterocycles. The quantitative estimate of drug-likeness (QED) is 0.912. The molecule has 1 amide bonds. The van der Waals surface area contributed by atoms with Crippen LogP contribution in [0.4, 0.5) is 0 Å². The minimum absolute atomic E-state index is 0.0538. The minimum atomic E-state index is 0.0538. The van der Waals surface area contributed by atoms with Crippen molar-refractivity contribution in [2.75, 3.05) is 19.7 Å². The van der Waals surface area contributed by atoms with Crippen LogP contribution in [0.15, 0.2) is 23.7 Å². The number of benzene rings is 1. The molecular formula is C14H16N2O2S. The molecule has 0 radical (unpaired) electrons. The molecule has 19 heavy (non-hydrogen) atoms. The molecule has 0 saturated carbocycles. The van der Waals surface area contributed by atoms with E-state index in [-0.39, 0.29) is 18.4 Å². The molecule has 1 fully saturated rings. The molecule has 1 aromatic carbocycles. The highest BCUT2D eigenvalue weighted by atomic mass is 32.1. The third-order valence-corrected chi connectivity index (χ3v) is 4.66. The largest absolute Gasteiger partial charge is 0.396 e. The lowest BCUT2D eigenvalue weighted by Gasteiger charge is -2.16. The number of carbonyl (C=O) groups is 1. The lowest BCUT2D eigenvalue weighted by Crippen LogP contribution is -2.29. The van der Waals surface area contributed by atoms with E-state index in [0.717, 1.165) is 16.8 Å². The van der Waals surface area contributed by atoms with E-state index in [0.29, 0.717) is 18.0 Å². The van der Waals surface area contributed by atoms with Gasteiger partial charge in [-0.1, -0.05) is 6.92 Å². The highest BCUT2D eigenvalue weighted by Crippen LogP contribution is 2.25. The zero-order valence-corrected chi connectivity index (χ0v) is 11.6. The van der Waals surface area contributed by atoms with Crippen LogP contribution in [0.25, 0.3) is 10.2 Å². The van der Waals surface area contributed by atoms with E-state index in [1.165, 1.54) is 0 Å². The van der Waals surface area contributed by atoms with Gasteiger partial charge in [-0.2, -0.15) is 0 Å². The van der Waals surface area contributed by atoms with E-state index in [9.17, 15) is 9.90 Å². The molecule has 5 heteroatoms. The maximum Gasteiger partial charge on any atom is 0.253 e. The Hall–Kier alpha value is -1.46. The maximum atomic E-state index is 12.4. The molecule has 2 atom stereocenters. The lowest BCUT2D eigenvalue weighted by molar-refractivity contribution is 0.0780. The molecule has 100 valence electrons. The van der Waals surface area contributed by atoms with Gasteiger partial charge in [0.1, 0.15) is 0 Å². The Labute approximate surface area is 115 Å². The molecular weight excluding hydrogens is 260 g/mol. The highest BCUT2D eigenvalue weighted by molar-refractivity contribution is 7.16. The number of hydrogen-bond acceptors (Lipinski definition) is 4. The van der Waals surface area contributed by atoms with E-state index in [2.05, 4.69) is 11.9 Å². The summed E-state index contributed by atoms with van der Waals surface area (Å²) in [5, 5.41) is 9.28. The molecule has 1 aromatic heterocycles. The number of aromatic nitrogens is 1. The predicted octanol–water partition coefficient (Wildman–Crippen LogP) is 2.00. The van der Waals surface area contributed by atoms with Crippen LogP contribution in [0.2, 0.25) is 0 Å². The van der Waals surface area contributed by atoms with E-state index in [1.807, 2.05) is 23.1 Å². The van der Waals surface area contributed by atoms with Crippen LogP contribution in [0.3, 0.4) is 0 Å². The summed E-state index contributed by atoms with van der Waals surface area (Å²) >= 11 is 1.55. The summed E-state index contributed by atoms with van der Waals surface area (Å²) < 4.78 is 1.04. The summed E-state index contributed by atoms with van der Waals surface area (Å²) in [6.45, 7) is 3.61. The fraction of sp³-hybridized carbons (Fsp3) is 0.429. The fourth-order valence-corrected chi connectivity index (χ4v) is 3.32. The van der Waals surface area contributed by atoms with Crippen molar-refractivity contribution in [3.63, 3.8) is 0 Å². The summed E-state index contributed by atoms with van der Waals surface area (Å²) in [4.78, 5) is 18.5. The first-order valence-electron chi connectivity index (χ1n) is 6.42. The summed E-state index contributed by atoms with van der Waals surface area (Å²) in [5.74, 6) is 0.621. The zero-order chi connectivity index (χ0) is 13.4. The van der Waals surface area contributed by atoms with Crippen molar-refractivity contribution >= 4 is 27.5 Å².